The summed E-state index contributed by atoms with van der Waals surface area (Å²) in [7, 11) is 1.76. The molecule has 2 saturated carbocycles. The smallest absolute Gasteiger partial charge is 0.324 e. The minimum Gasteiger partial charge on any atom is -0.480 e. The lowest BCUT2D eigenvalue weighted by Gasteiger charge is -2.30. The molecule has 2 aliphatic rings. The van der Waals surface area contributed by atoms with Crippen LogP contribution in [0.5, 0.6) is 0 Å². The molecule has 2 atom stereocenters. The molecule has 2 rings (SSSR count). The van der Waals surface area contributed by atoms with Gasteiger partial charge in [-0.1, -0.05) is 6.42 Å². The third kappa shape index (κ3) is 2.80. The Balaban J connectivity index is 1.78. The molecule has 0 aromatic heterocycles. The molecule has 98 valence electrons. The van der Waals surface area contributed by atoms with Crippen LogP contribution in [0.2, 0.25) is 0 Å². The number of rotatable bonds is 7. The van der Waals surface area contributed by atoms with Crippen molar-refractivity contribution in [3.63, 3.8) is 0 Å². The van der Waals surface area contributed by atoms with Crippen LogP contribution in [0.1, 0.15) is 38.5 Å². The van der Waals surface area contributed by atoms with Crippen LogP contribution in [-0.4, -0.2) is 36.9 Å². The normalized spacial score (nSPS) is 32.9. The van der Waals surface area contributed by atoms with Gasteiger partial charge in [-0.15, -0.1) is 0 Å². The summed E-state index contributed by atoms with van der Waals surface area (Å²) in [5.74, 6) is 0.293. The first-order valence-electron chi connectivity index (χ1n) is 6.69. The third-order valence-corrected chi connectivity index (χ3v) is 4.31. The van der Waals surface area contributed by atoms with Crippen LogP contribution in [-0.2, 0) is 9.53 Å². The molecule has 0 bridgehead atoms. The zero-order chi connectivity index (χ0) is 12.3. The van der Waals surface area contributed by atoms with Gasteiger partial charge in [0.15, 0.2) is 0 Å². The molecule has 0 amide bonds. The van der Waals surface area contributed by atoms with Gasteiger partial charge in [-0.25, -0.2) is 0 Å². The SMILES string of the molecule is CNC1(C(=O)O)CCCC1CCOCC1CC1. The van der Waals surface area contributed by atoms with Crippen LogP contribution in [0.4, 0.5) is 0 Å². The average molecular weight is 241 g/mol. The highest BCUT2D eigenvalue weighted by molar-refractivity contribution is 5.79. The summed E-state index contributed by atoms with van der Waals surface area (Å²) in [6.45, 7) is 1.57. The number of carboxylic acids is 1. The van der Waals surface area contributed by atoms with E-state index in [0.29, 0.717) is 6.61 Å². The van der Waals surface area contributed by atoms with E-state index >= 15 is 0 Å². The van der Waals surface area contributed by atoms with Crippen LogP contribution in [0.3, 0.4) is 0 Å². The number of hydrogen-bond acceptors (Lipinski definition) is 3. The molecule has 0 aromatic rings. The Kier molecular flexibility index (Phi) is 4.05. The Morgan fingerprint density at radius 3 is 2.82 bits per heavy atom. The standard InChI is InChI=1S/C13H23NO3/c1-14-13(12(15)16)7-2-3-11(13)6-8-17-9-10-4-5-10/h10-11,14H,2-9H2,1H3,(H,15,16). The first kappa shape index (κ1) is 12.8. The van der Waals surface area contributed by atoms with Gasteiger partial charge in [-0.2, -0.15) is 0 Å². The number of hydrogen-bond donors (Lipinski definition) is 2. The van der Waals surface area contributed by atoms with E-state index in [-0.39, 0.29) is 5.92 Å². The molecule has 0 aromatic carbocycles. The molecule has 0 heterocycles. The van der Waals surface area contributed by atoms with Crippen molar-refractivity contribution in [2.45, 2.75) is 44.1 Å². The molecule has 0 saturated heterocycles. The predicted octanol–water partition coefficient (Wildman–Crippen LogP) is 1.65. The Morgan fingerprint density at radius 1 is 1.47 bits per heavy atom. The second-order valence-electron chi connectivity index (χ2n) is 5.42. The van der Waals surface area contributed by atoms with Gasteiger partial charge < -0.3 is 15.2 Å². The summed E-state index contributed by atoms with van der Waals surface area (Å²) in [4.78, 5) is 11.4. The third-order valence-electron chi connectivity index (χ3n) is 4.31. The van der Waals surface area contributed by atoms with Crippen LogP contribution in [0, 0.1) is 11.8 Å². The molecule has 2 fully saturated rings. The van der Waals surface area contributed by atoms with Crippen molar-refractivity contribution in [1.82, 2.24) is 5.32 Å². The van der Waals surface area contributed by atoms with Gasteiger partial charge in [0, 0.05) is 13.2 Å². The Labute approximate surface area is 103 Å². The average Bonchev–Trinajstić information content (AvgIpc) is 3.03. The zero-order valence-electron chi connectivity index (χ0n) is 10.6. The molecule has 4 nitrogen and oxygen atoms in total. The highest BCUT2D eigenvalue weighted by Gasteiger charge is 2.47. The van der Waals surface area contributed by atoms with Gasteiger partial charge in [-0.05, 0) is 51.0 Å². The number of carboxylic acid groups (broad SMARTS) is 1. The lowest BCUT2D eigenvalue weighted by atomic mass is 9.85. The van der Waals surface area contributed by atoms with Gasteiger partial charge >= 0.3 is 5.97 Å². The van der Waals surface area contributed by atoms with E-state index in [9.17, 15) is 9.90 Å². The number of likely N-dealkylation sites (N-methyl/N-ethyl adjacent to an activating group) is 1. The molecule has 0 aliphatic heterocycles. The van der Waals surface area contributed by atoms with E-state index in [1.165, 1.54) is 12.8 Å². The number of carbonyl (C=O) groups is 1. The first-order chi connectivity index (χ1) is 8.19. The van der Waals surface area contributed by atoms with Crippen molar-refractivity contribution in [2.24, 2.45) is 11.8 Å². The maximum absolute atomic E-state index is 11.4. The van der Waals surface area contributed by atoms with Gasteiger partial charge in [0.2, 0.25) is 0 Å². The van der Waals surface area contributed by atoms with Crippen LogP contribution in [0.25, 0.3) is 0 Å². The highest BCUT2D eigenvalue weighted by atomic mass is 16.5. The number of nitrogens with one attached hydrogen (secondary N) is 1. The second-order valence-corrected chi connectivity index (χ2v) is 5.42. The molecule has 2 aliphatic carbocycles. The van der Waals surface area contributed by atoms with Gasteiger partial charge in [0.1, 0.15) is 5.54 Å². The second kappa shape index (κ2) is 5.36. The van der Waals surface area contributed by atoms with E-state index in [4.69, 9.17) is 4.74 Å². The maximum Gasteiger partial charge on any atom is 0.324 e. The summed E-state index contributed by atoms with van der Waals surface area (Å²) in [5.41, 5.74) is -0.705. The lowest BCUT2D eigenvalue weighted by Crippen LogP contribution is -2.53. The summed E-state index contributed by atoms with van der Waals surface area (Å²) in [6.07, 6.45) is 6.21. The molecular weight excluding hydrogens is 218 g/mol. The summed E-state index contributed by atoms with van der Waals surface area (Å²) in [5, 5.41) is 12.4. The summed E-state index contributed by atoms with van der Waals surface area (Å²) < 4.78 is 5.62. The first-order valence-corrected chi connectivity index (χ1v) is 6.69. The van der Waals surface area contributed by atoms with Crippen molar-refractivity contribution in [3.8, 4) is 0 Å². The van der Waals surface area contributed by atoms with Crippen LogP contribution < -0.4 is 5.32 Å². The molecule has 2 unspecified atom stereocenters. The largest absolute Gasteiger partial charge is 0.480 e. The van der Waals surface area contributed by atoms with Crippen molar-refractivity contribution >= 4 is 5.97 Å². The minimum absolute atomic E-state index is 0.212. The Morgan fingerprint density at radius 2 is 2.24 bits per heavy atom. The van der Waals surface area contributed by atoms with E-state index in [1.54, 1.807) is 7.05 Å². The van der Waals surface area contributed by atoms with E-state index in [2.05, 4.69) is 5.32 Å². The van der Waals surface area contributed by atoms with E-state index < -0.39 is 11.5 Å². The lowest BCUT2D eigenvalue weighted by molar-refractivity contribution is -0.146. The van der Waals surface area contributed by atoms with Gasteiger partial charge in [0.05, 0.1) is 0 Å². The quantitative estimate of drug-likeness (QED) is 0.665. The number of ether oxygens (including phenoxy) is 1. The Bertz CT molecular complexity index is 278. The van der Waals surface area contributed by atoms with Crippen molar-refractivity contribution < 1.29 is 14.6 Å². The van der Waals surface area contributed by atoms with Crippen LogP contribution in [0.15, 0.2) is 0 Å². The van der Waals surface area contributed by atoms with Gasteiger partial charge in [0.25, 0.3) is 0 Å². The molecule has 0 radical (unpaired) electrons. The predicted molar refractivity (Wildman–Crippen MR) is 64.9 cm³/mol. The van der Waals surface area contributed by atoms with Crippen LogP contribution >= 0.6 is 0 Å². The highest BCUT2D eigenvalue weighted by Crippen LogP contribution is 2.38. The molecule has 0 spiro atoms. The topological polar surface area (TPSA) is 58.6 Å². The van der Waals surface area contributed by atoms with E-state index in [1.807, 2.05) is 0 Å². The summed E-state index contributed by atoms with van der Waals surface area (Å²) in [6, 6.07) is 0. The molecule has 4 heteroatoms. The van der Waals surface area contributed by atoms with Crippen molar-refractivity contribution in [3.05, 3.63) is 0 Å². The fourth-order valence-corrected chi connectivity index (χ4v) is 2.95. The summed E-state index contributed by atoms with van der Waals surface area (Å²) >= 11 is 0. The van der Waals surface area contributed by atoms with E-state index in [0.717, 1.165) is 38.2 Å². The van der Waals surface area contributed by atoms with Crippen molar-refractivity contribution in [2.75, 3.05) is 20.3 Å². The fraction of sp³-hybridized carbons (Fsp3) is 0.923. The maximum atomic E-state index is 11.4. The fourth-order valence-electron chi connectivity index (χ4n) is 2.95. The Hall–Kier alpha value is -0.610. The molecule has 2 N–H and O–H groups in total. The molecular formula is C13H23NO3. The van der Waals surface area contributed by atoms with Crippen molar-refractivity contribution in [1.29, 1.82) is 0 Å². The van der Waals surface area contributed by atoms with Gasteiger partial charge in [-0.3, -0.25) is 4.79 Å². The minimum atomic E-state index is -0.705. The monoisotopic (exact) mass is 241 g/mol. The zero-order valence-corrected chi connectivity index (χ0v) is 10.6. The molecule has 17 heavy (non-hydrogen) atoms. The number of aliphatic carboxylic acids is 1.